The number of rotatable bonds is 4. The fraction of sp³-hybridized carbons (Fsp3) is 0.278. The van der Waals surface area contributed by atoms with Crippen LogP contribution in [-0.4, -0.2) is 36.4 Å². The summed E-state index contributed by atoms with van der Waals surface area (Å²) in [5, 5.41) is 12.4. The van der Waals surface area contributed by atoms with Crippen molar-refractivity contribution in [3.63, 3.8) is 0 Å². The van der Waals surface area contributed by atoms with Gasteiger partial charge in [-0.2, -0.15) is 0 Å². The lowest BCUT2D eigenvalue weighted by molar-refractivity contribution is -0.121. The molecule has 2 aromatic rings. The molecule has 0 spiro atoms. The minimum absolute atomic E-state index is 0.0954. The van der Waals surface area contributed by atoms with Crippen molar-refractivity contribution < 1.29 is 14.6 Å². The van der Waals surface area contributed by atoms with Gasteiger partial charge in [-0.05, 0) is 16.7 Å². The molecule has 114 valence electrons. The number of amides is 1. The highest BCUT2D eigenvalue weighted by molar-refractivity contribution is 5.79. The van der Waals surface area contributed by atoms with E-state index in [1.54, 1.807) is 0 Å². The van der Waals surface area contributed by atoms with Crippen LogP contribution >= 0.6 is 0 Å². The zero-order chi connectivity index (χ0) is 15.4. The number of carbonyl (C=O) groups excluding carboxylic acids is 1. The van der Waals surface area contributed by atoms with E-state index in [0.29, 0.717) is 13.0 Å². The number of hydrogen-bond acceptors (Lipinski definition) is 3. The summed E-state index contributed by atoms with van der Waals surface area (Å²) in [5.74, 6) is -0.0954. The largest absolute Gasteiger partial charge is 0.388 e. The molecule has 0 unspecified atom stereocenters. The maximum absolute atomic E-state index is 12.0. The summed E-state index contributed by atoms with van der Waals surface area (Å²) in [6.07, 6.45) is -0.303. The Balaban J connectivity index is 1.60. The van der Waals surface area contributed by atoms with Crippen molar-refractivity contribution in [3.8, 4) is 11.1 Å². The molecule has 1 fully saturated rings. The quantitative estimate of drug-likeness (QED) is 0.904. The first kappa shape index (κ1) is 14.8. The highest BCUT2D eigenvalue weighted by Gasteiger charge is 2.27. The maximum atomic E-state index is 12.0. The number of carbonyl (C=O) groups is 1. The van der Waals surface area contributed by atoms with Gasteiger partial charge in [-0.1, -0.05) is 54.6 Å². The Morgan fingerprint density at radius 1 is 1.05 bits per heavy atom. The third-order valence-corrected chi connectivity index (χ3v) is 3.82. The van der Waals surface area contributed by atoms with Crippen LogP contribution in [0.1, 0.15) is 5.56 Å². The van der Waals surface area contributed by atoms with E-state index in [0.717, 1.165) is 16.7 Å². The molecule has 0 aromatic heterocycles. The second kappa shape index (κ2) is 6.73. The molecule has 1 saturated heterocycles. The molecule has 2 aromatic carbocycles. The van der Waals surface area contributed by atoms with Crippen LogP contribution in [0.15, 0.2) is 54.6 Å². The number of nitrogens with one attached hydrogen (secondary N) is 1. The molecule has 1 aliphatic heterocycles. The van der Waals surface area contributed by atoms with Gasteiger partial charge in [0.2, 0.25) is 5.91 Å². The molecule has 1 heterocycles. The van der Waals surface area contributed by atoms with E-state index in [1.165, 1.54) is 0 Å². The lowest BCUT2D eigenvalue weighted by Gasteiger charge is -2.14. The molecule has 0 radical (unpaired) electrons. The topological polar surface area (TPSA) is 58.6 Å². The first-order valence-electron chi connectivity index (χ1n) is 7.42. The van der Waals surface area contributed by atoms with Crippen molar-refractivity contribution in [2.24, 2.45) is 0 Å². The van der Waals surface area contributed by atoms with Gasteiger partial charge in [0.1, 0.15) is 0 Å². The second-order valence-electron chi connectivity index (χ2n) is 5.52. The Morgan fingerprint density at radius 3 is 2.36 bits per heavy atom. The highest BCUT2D eigenvalue weighted by Crippen LogP contribution is 2.19. The van der Waals surface area contributed by atoms with Crippen molar-refractivity contribution in [2.45, 2.75) is 18.6 Å². The number of benzene rings is 2. The molecule has 4 heteroatoms. The summed E-state index contributed by atoms with van der Waals surface area (Å²) in [7, 11) is 0. The van der Waals surface area contributed by atoms with Gasteiger partial charge in [0.15, 0.2) is 0 Å². The van der Waals surface area contributed by atoms with Crippen molar-refractivity contribution in [1.29, 1.82) is 0 Å². The van der Waals surface area contributed by atoms with E-state index in [9.17, 15) is 9.90 Å². The Hall–Kier alpha value is -2.17. The normalized spacial score (nSPS) is 20.8. The van der Waals surface area contributed by atoms with Gasteiger partial charge >= 0.3 is 0 Å². The van der Waals surface area contributed by atoms with Crippen LogP contribution in [0.25, 0.3) is 11.1 Å². The van der Waals surface area contributed by atoms with Crippen LogP contribution in [0.5, 0.6) is 0 Å². The molecule has 3 rings (SSSR count). The van der Waals surface area contributed by atoms with E-state index in [2.05, 4.69) is 17.4 Å². The zero-order valence-corrected chi connectivity index (χ0v) is 12.2. The summed E-state index contributed by atoms with van der Waals surface area (Å²) in [6.45, 7) is 0.663. The monoisotopic (exact) mass is 297 g/mol. The van der Waals surface area contributed by atoms with Gasteiger partial charge in [-0.3, -0.25) is 4.79 Å². The molecule has 1 amide bonds. The van der Waals surface area contributed by atoms with Crippen molar-refractivity contribution in [2.75, 3.05) is 13.2 Å². The van der Waals surface area contributed by atoms with E-state index in [-0.39, 0.29) is 18.6 Å². The molecule has 22 heavy (non-hydrogen) atoms. The Bertz CT molecular complexity index is 625. The fourth-order valence-corrected chi connectivity index (χ4v) is 2.57. The summed E-state index contributed by atoms with van der Waals surface area (Å²) in [5.41, 5.74) is 3.24. The summed E-state index contributed by atoms with van der Waals surface area (Å²) in [4.78, 5) is 12.0. The van der Waals surface area contributed by atoms with Gasteiger partial charge in [-0.25, -0.2) is 0 Å². The zero-order valence-electron chi connectivity index (χ0n) is 12.2. The standard InChI is InChI=1S/C18H19NO3/c20-17-12-22-11-16(17)19-18(21)10-13-6-8-15(9-7-13)14-4-2-1-3-5-14/h1-9,16-17,20H,10-12H2,(H,19,21)/t16-,17-/m0/s1. The lowest BCUT2D eigenvalue weighted by atomic mass is 10.0. The molecule has 4 nitrogen and oxygen atoms in total. The fourth-order valence-electron chi connectivity index (χ4n) is 2.57. The average Bonchev–Trinajstić information content (AvgIpc) is 2.94. The molecule has 2 N–H and O–H groups in total. The number of ether oxygens (including phenoxy) is 1. The van der Waals surface area contributed by atoms with Crippen LogP contribution in [0.4, 0.5) is 0 Å². The van der Waals surface area contributed by atoms with Crippen LogP contribution in [0.3, 0.4) is 0 Å². The predicted molar refractivity (Wildman–Crippen MR) is 84.3 cm³/mol. The SMILES string of the molecule is O=C(Cc1ccc(-c2ccccc2)cc1)N[C@H]1COC[C@@H]1O. The van der Waals surface area contributed by atoms with Gasteiger partial charge in [0.25, 0.3) is 0 Å². The Morgan fingerprint density at radius 2 is 1.73 bits per heavy atom. The van der Waals surface area contributed by atoms with E-state index in [4.69, 9.17) is 4.74 Å². The molecular formula is C18H19NO3. The molecule has 0 saturated carbocycles. The van der Waals surface area contributed by atoms with Crippen LogP contribution < -0.4 is 5.32 Å². The third kappa shape index (κ3) is 3.53. The molecule has 0 aliphatic carbocycles. The second-order valence-corrected chi connectivity index (χ2v) is 5.52. The Kier molecular flexibility index (Phi) is 4.51. The number of aliphatic hydroxyl groups excluding tert-OH is 1. The van der Waals surface area contributed by atoms with Crippen molar-refractivity contribution >= 4 is 5.91 Å². The lowest BCUT2D eigenvalue weighted by Crippen LogP contribution is -2.43. The van der Waals surface area contributed by atoms with Crippen LogP contribution in [-0.2, 0) is 16.0 Å². The predicted octanol–water partition coefficient (Wildman–Crippen LogP) is 1.77. The number of hydrogen-bond donors (Lipinski definition) is 2. The molecule has 1 aliphatic rings. The first-order chi connectivity index (χ1) is 10.7. The van der Waals surface area contributed by atoms with Crippen LogP contribution in [0.2, 0.25) is 0 Å². The number of aliphatic hydroxyl groups is 1. The van der Waals surface area contributed by atoms with Crippen molar-refractivity contribution in [1.82, 2.24) is 5.32 Å². The summed E-state index contributed by atoms with van der Waals surface area (Å²) < 4.78 is 5.12. The summed E-state index contributed by atoms with van der Waals surface area (Å²) in [6, 6.07) is 17.8. The third-order valence-electron chi connectivity index (χ3n) is 3.82. The minimum Gasteiger partial charge on any atom is -0.388 e. The minimum atomic E-state index is -0.607. The first-order valence-corrected chi connectivity index (χ1v) is 7.42. The molecule has 0 bridgehead atoms. The van der Waals surface area contributed by atoms with Gasteiger partial charge < -0.3 is 15.2 Å². The average molecular weight is 297 g/mol. The van der Waals surface area contributed by atoms with Gasteiger partial charge in [0, 0.05) is 0 Å². The Labute approximate surface area is 129 Å². The van der Waals surface area contributed by atoms with Gasteiger partial charge in [0.05, 0.1) is 31.8 Å². The van der Waals surface area contributed by atoms with E-state index < -0.39 is 6.10 Å². The smallest absolute Gasteiger partial charge is 0.224 e. The van der Waals surface area contributed by atoms with Crippen molar-refractivity contribution in [3.05, 3.63) is 60.2 Å². The highest BCUT2D eigenvalue weighted by atomic mass is 16.5. The maximum Gasteiger partial charge on any atom is 0.224 e. The van der Waals surface area contributed by atoms with Crippen LogP contribution in [0, 0.1) is 0 Å². The van der Waals surface area contributed by atoms with Gasteiger partial charge in [-0.15, -0.1) is 0 Å². The molecule has 2 atom stereocenters. The van der Waals surface area contributed by atoms with E-state index in [1.807, 2.05) is 42.5 Å². The summed E-state index contributed by atoms with van der Waals surface area (Å²) >= 11 is 0. The van der Waals surface area contributed by atoms with E-state index >= 15 is 0 Å². The molecular weight excluding hydrogens is 278 g/mol.